The molecule has 0 spiro atoms. The molecule has 1 radical (unpaired) electrons. The predicted molar refractivity (Wildman–Crippen MR) is 66.3 cm³/mol. The van der Waals surface area contributed by atoms with Gasteiger partial charge in [-0.2, -0.15) is 0 Å². The van der Waals surface area contributed by atoms with Crippen LogP contribution in [0.15, 0.2) is 24.3 Å². The molecule has 0 bridgehead atoms. The molecule has 0 atom stereocenters. The highest BCUT2D eigenvalue weighted by molar-refractivity contribution is 5.90. The van der Waals surface area contributed by atoms with Crippen molar-refractivity contribution < 1.29 is 4.79 Å². The van der Waals surface area contributed by atoms with Crippen LogP contribution in [0.25, 0.3) is 0 Å². The van der Waals surface area contributed by atoms with E-state index in [0.29, 0.717) is 6.42 Å². The number of carbonyl (C=O) groups excluding carboxylic acids is 1. The van der Waals surface area contributed by atoms with Crippen molar-refractivity contribution in [2.75, 3.05) is 25.0 Å². The van der Waals surface area contributed by atoms with E-state index >= 15 is 0 Å². The number of hydrogen-bond acceptors (Lipinski definition) is 2. The molecule has 0 aliphatic carbocycles. The van der Waals surface area contributed by atoms with Gasteiger partial charge in [0.15, 0.2) is 0 Å². The number of nitrogens with one attached hydrogen (secondary N) is 1. The molecule has 0 fully saturated rings. The van der Waals surface area contributed by atoms with Gasteiger partial charge >= 0.3 is 0 Å². The van der Waals surface area contributed by atoms with E-state index in [1.807, 2.05) is 12.1 Å². The summed E-state index contributed by atoms with van der Waals surface area (Å²) in [6.07, 6.45) is 0.542. The lowest BCUT2D eigenvalue weighted by molar-refractivity contribution is -0.116. The Hall–Kier alpha value is -1.35. The molecule has 16 heavy (non-hydrogen) atoms. The van der Waals surface area contributed by atoms with Crippen LogP contribution in [0.1, 0.15) is 20.3 Å². The van der Waals surface area contributed by atoms with Crippen molar-refractivity contribution in [3.05, 3.63) is 30.3 Å². The molecule has 0 unspecified atom stereocenters. The molecule has 0 saturated carbocycles. The molecule has 1 aromatic carbocycles. The van der Waals surface area contributed by atoms with Gasteiger partial charge in [-0.25, -0.2) is 0 Å². The van der Waals surface area contributed by atoms with E-state index in [2.05, 4.69) is 30.1 Å². The van der Waals surface area contributed by atoms with Crippen LogP contribution in [0.4, 0.5) is 5.69 Å². The zero-order valence-corrected chi connectivity index (χ0v) is 9.99. The van der Waals surface area contributed by atoms with Gasteiger partial charge in [0.1, 0.15) is 0 Å². The molecule has 1 aromatic rings. The summed E-state index contributed by atoms with van der Waals surface area (Å²) in [6, 6.07) is 10.2. The van der Waals surface area contributed by atoms with Gasteiger partial charge in [0.2, 0.25) is 5.91 Å². The molecule has 1 amide bonds. The van der Waals surface area contributed by atoms with Crippen molar-refractivity contribution in [2.24, 2.45) is 0 Å². The lowest BCUT2D eigenvalue weighted by Gasteiger charge is -2.17. The summed E-state index contributed by atoms with van der Waals surface area (Å²) in [4.78, 5) is 13.8. The highest BCUT2D eigenvalue weighted by atomic mass is 16.1. The first kappa shape index (κ1) is 12.7. The van der Waals surface area contributed by atoms with Gasteiger partial charge in [0, 0.05) is 18.7 Å². The van der Waals surface area contributed by atoms with E-state index < -0.39 is 0 Å². The number of nitrogens with zero attached hydrogens (tertiary/aromatic N) is 1. The zero-order chi connectivity index (χ0) is 11.8. The van der Waals surface area contributed by atoms with Crippen LogP contribution >= 0.6 is 0 Å². The summed E-state index contributed by atoms with van der Waals surface area (Å²) in [5.74, 6) is 0.0677. The Bertz CT molecular complexity index is 307. The Morgan fingerprint density at radius 1 is 1.31 bits per heavy atom. The standard InChI is InChI=1S/C13H19N2O/c1-3-15(4-2)11-10-13(16)14-12-8-6-5-7-9-12/h6-9H,3-4,10-11H2,1-2H3,(H,14,16). The average Bonchev–Trinajstić information content (AvgIpc) is 2.31. The van der Waals surface area contributed by atoms with Gasteiger partial charge in [0.05, 0.1) is 0 Å². The van der Waals surface area contributed by atoms with Crippen LogP contribution in [0.2, 0.25) is 0 Å². The lowest BCUT2D eigenvalue weighted by atomic mass is 10.3. The topological polar surface area (TPSA) is 32.3 Å². The molecular formula is C13H19N2O. The Balaban J connectivity index is 2.31. The van der Waals surface area contributed by atoms with Gasteiger partial charge in [-0.3, -0.25) is 4.79 Å². The van der Waals surface area contributed by atoms with Gasteiger partial charge in [0.25, 0.3) is 0 Å². The molecule has 87 valence electrons. The maximum absolute atomic E-state index is 11.6. The third-order valence-electron chi connectivity index (χ3n) is 2.55. The fraction of sp³-hybridized carbons (Fsp3) is 0.462. The second-order valence-corrected chi connectivity index (χ2v) is 3.61. The molecular weight excluding hydrogens is 200 g/mol. The number of amides is 1. The van der Waals surface area contributed by atoms with Crippen LogP contribution in [0.3, 0.4) is 0 Å². The number of rotatable bonds is 6. The van der Waals surface area contributed by atoms with E-state index in [0.717, 1.165) is 25.3 Å². The largest absolute Gasteiger partial charge is 0.326 e. The third kappa shape index (κ3) is 4.45. The minimum Gasteiger partial charge on any atom is -0.326 e. The molecule has 0 aliphatic rings. The molecule has 1 N–H and O–H groups in total. The number of anilines is 1. The van der Waals surface area contributed by atoms with E-state index in [4.69, 9.17) is 0 Å². The minimum atomic E-state index is 0.0677. The predicted octanol–water partition coefficient (Wildman–Crippen LogP) is 2.16. The summed E-state index contributed by atoms with van der Waals surface area (Å²) in [6.45, 7) is 7.01. The Morgan fingerprint density at radius 2 is 1.94 bits per heavy atom. The minimum absolute atomic E-state index is 0.0677. The van der Waals surface area contributed by atoms with Crippen molar-refractivity contribution in [1.29, 1.82) is 0 Å². The van der Waals surface area contributed by atoms with E-state index in [9.17, 15) is 4.79 Å². The molecule has 0 heterocycles. The highest BCUT2D eigenvalue weighted by Crippen LogP contribution is 2.05. The Labute approximate surface area is 97.5 Å². The normalized spacial score (nSPS) is 10.4. The van der Waals surface area contributed by atoms with E-state index in [1.165, 1.54) is 0 Å². The monoisotopic (exact) mass is 219 g/mol. The first-order chi connectivity index (χ1) is 7.76. The number of hydrogen-bond donors (Lipinski definition) is 1. The van der Waals surface area contributed by atoms with Gasteiger partial charge in [-0.1, -0.05) is 26.0 Å². The second-order valence-electron chi connectivity index (χ2n) is 3.61. The van der Waals surface area contributed by atoms with Gasteiger partial charge in [-0.05, 0) is 31.3 Å². The third-order valence-corrected chi connectivity index (χ3v) is 2.55. The van der Waals surface area contributed by atoms with Crippen LogP contribution in [-0.4, -0.2) is 30.4 Å². The van der Waals surface area contributed by atoms with Crippen LogP contribution in [-0.2, 0) is 4.79 Å². The first-order valence-corrected chi connectivity index (χ1v) is 5.74. The van der Waals surface area contributed by atoms with Gasteiger partial charge in [-0.15, -0.1) is 0 Å². The van der Waals surface area contributed by atoms with Crippen LogP contribution < -0.4 is 5.32 Å². The molecule has 0 aliphatic heterocycles. The van der Waals surface area contributed by atoms with E-state index in [1.54, 1.807) is 12.1 Å². The first-order valence-electron chi connectivity index (χ1n) is 5.74. The lowest BCUT2D eigenvalue weighted by Crippen LogP contribution is -2.27. The average molecular weight is 219 g/mol. The molecule has 0 saturated heterocycles. The molecule has 3 nitrogen and oxygen atoms in total. The van der Waals surface area contributed by atoms with Gasteiger partial charge < -0.3 is 10.2 Å². The van der Waals surface area contributed by atoms with Crippen molar-refractivity contribution in [2.45, 2.75) is 20.3 Å². The quantitative estimate of drug-likeness (QED) is 0.795. The maximum atomic E-state index is 11.6. The summed E-state index contributed by atoms with van der Waals surface area (Å²) in [7, 11) is 0. The van der Waals surface area contributed by atoms with Crippen molar-refractivity contribution in [3.8, 4) is 0 Å². The van der Waals surface area contributed by atoms with Crippen LogP contribution in [0.5, 0.6) is 0 Å². The summed E-state index contributed by atoms with van der Waals surface area (Å²) >= 11 is 0. The molecule has 0 aromatic heterocycles. The van der Waals surface area contributed by atoms with Crippen molar-refractivity contribution in [1.82, 2.24) is 4.90 Å². The fourth-order valence-electron chi connectivity index (χ4n) is 1.49. The Morgan fingerprint density at radius 3 is 2.50 bits per heavy atom. The van der Waals surface area contributed by atoms with Crippen molar-refractivity contribution in [3.63, 3.8) is 0 Å². The summed E-state index contributed by atoms with van der Waals surface area (Å²) in [5.41, 5.74) is 0.836. The summed E-state index contributed by atoms with van der Waals surface area (Å²) < 4.78 is 0. The SMILES string of the molecule is CCN(CC)CCC(=O)Nc1cc[c]cc1. The zero-order valence-electron chi connectivity index (χ0n) is 9.99. The van der Waals surface area contributed by atoms with Crippen molar-refractivity contribution >= 4 is 11.6 Å². The molecule has 1 rings (SSSR count). The van der Waals surface area contributed by atoms with E-state index in [-0.39, 0.29) is 5.91 Å². The molecule has 3 heteroatoms. The fourth-order valence-corrected chi connectivity index (χ4v) is 1.49. The Kier molecular flexibility index (Phi) is 5.57. The summed E-state index contributed by atoms with van der Waals surface area (Å²) in [5, 5.41) is 2.86. The highest BCUT2D eigenvalue weighted by Gasteiger charge is 2.04. The maximum Gasteiger partial charge on any atom is 0.225 e. The smallest absolute Gasteiger partial charge is 0.225 e. The van der Waals surface area contributed by atoms with Crippen LogP contribution in [0, 0.1) is 6.07 Å². The number of benzene rings is 1. The second kappa shape index (κ2) is 7.01. The number of carbonyl (C=O) groups is 1.